The predicted molar refractivity (Wildman–Crippen MR) is 98.3 cm³/mol. The Hall–Kier alpha value is -2.39. The maximum atomic E-state index is 10.5. The summed E-state index contributed by atoms with van der Waals surface area (Å²) < 4.78 is 0. The highest BCUT2D eigenvalue weighted by Gasteiger charge is 2.24. The second-order valence-corrected chi connectivity index (χ2v) is 6.43. The van der Waals surface area contributed by atoms with Crippen LogP contribution in [0.25, 0.3) is 10.9 Å². The third-order valence-electron chi connectivity index (χ3n) is 4.79. The van der Waals surface area contributed by atoms with Crippen LogP contribution in [-0.2, 0) is 12.8 Å². The molecule has 0 spiro atoms. The van der Waals surface area contributed by atoms with Crippen LogP contribution in [-0.4, -0.2) is 16.6 Å². The summed E-state index contributed by atoms with van der Waals surface area (Å²) in [6, 6.07) is 18.7. The number of pyridine rings is 1. The maximum Gasteiger partial charge on any atom is 0.0828 e. The summed E-state index contributed by atoms with van der Waals surface area (Å²) >= 11 is 0. The molecule has 1 unspecified atom stereocenters. The minimum Gasteiger partial charge on any atom is -0.388 e. The molecule has 0 radical (unpaired) electrons. The quantitative estimate of drug-likeness (QED) is 0.755. The zero-order valence-corrected chi connectivity index (χ0v) is 13.7. The average Bonchev–Trinajstić information content (AvgIpc) is 2.62. The van der Waals surface area contributed by atoms with Gasteiger partial charge in [0.2, 0.25) is 0 Å². The van der Waals surface area contributed by atoms with E-state index >= 15 is 0 Å². The van der Waals surface area contributed by atoms with Gasteiger partial charge in [-0.25, -0.2) is 0 Å². The van der Waals surface area contributed by atoms with Crippen molar-refractivity contribution in [2.75, 3.05) is 11.9 Å². The van der Waals surface area contributed by atoms with E-state index in [1.807, 2.05) is 18.2 Å². The summed E-state index contributed by atoms with van der Waals surface area (Å²) in [7, 11) is 0. The summed E-state index contributed by atoms with van der Waals surface area (Å²) in [4.78, 5) is 4.79. The Morgan fingerprint density at radius 2 is 1.83 bits per heavy atom. The fraction of sp³-hybridized carbons (Fsp3) is 0.286. The molecule has 0 amide bonds. The number of rotatable bonds is 4. The summed E-state index contributed by atoms with van der Waals surface area (Å²) in [6.07, 6.45) is 3.32. The first-order valence-electron chi connectivity index (χ1n) is 8.70. The number of aliphatic hydroxyl groups excluding tert-OH is 1. The zero-order chi connectivity index (χ0) is 16.4. The van der Waals surface area contributed by atoms with Gasteiger partial charge in [-0.3, -0.25) is 4.98 Å². The summed E-state index contributed by atoms with van der Waals surface area (Å²) in [6.45, 7) is 0.844. The van der Waals surface area contributed by atoms with Crippen LogP contribution in [0.3, 0.4) is 0 Å². The van der Waals surface area contributed by atoms with E-state index in [0.29, 0.717) is 0 Å². The monoisotopic (exact) mass is 318 g/mol. The Balaban J connectivity index is 1.68. The number of fused-ring (bicyclic) bond motifs is 2. The molecule has 1 atom stereocenters. The van der Waals surface area contributed by atoms with Gasteiger partial charge in [0.1, 0.15) is 0 Å². The highest BCUT2D eigenvalue weighted by molar-refractivity contribution is 5.93. The molecule has 2 N–H and O–H groups in total. The van der Waals surface area contributed by atoms with Gasteiger partial charge in [0, 0.05) is 23.2 Å². The lowest BCUT2D eigenvalue weighted by Gasteiger charge is -2.25. The molecular weight excluding hydrogens is 296 g/mol. The third-order valence-corrected chi connectivity index (χ3v) is 4.79. The standard InChI is InChI=1S/C21H22N2O/c24-19-12-6-11-18-20(19)21(16-9-4-5-10-17(16)23-18)22-14-13-15-7-2-1-3-8-15/h1-5,7-10,19,24H,6,11-14H2,(H,22,23). The van der Waals surface area contributed by atoms with Crippen molar-refractivity contribution >= 4 is 16.6 Å². The number of nitrogens with one attached hydrogen (secondary N) is 1. The first-order chi connectivity index (χ1) is 11.8. The maximum absolute atomic E-state index is 10.5. The molecule has 0 fully saturated rings. The first-order valence-corrected chi connectivity index (χ1v) is 8.70. The Kier molecular flexibility index (Phi) is 4.18. The van der Waals surface area contributed by atoms with Gasteiger partial charge in [-0.2, -0.15) is 0 Å². The number of anilines is 1. The molecule has 3 aromatic rings. The van der Waals surface area contributed by atoms with Gasteiger partial charge in [0.25, 0.3) is 0 Å². The normalized spacial score (nSPS) is 16.8. The number of hydrogen-bond acceptors (Lipinski definition) is 3. The van der Waals surface area contributed by atoms with E-state index in [2.05, 4.69) is 41.7 Å². The smallest absolute Gasteiger partial charge is 0.0828 e. The van der Waals surface area contributed by atoms with Crippen molar-refractivity contribution in [3.05, 3.63) is 71.4 Å². The number of aryl methyl sites for hydroxylation is 1. The topological polar surface area (TPSA) is 45.2 Å². The molecule has 24 heavy (non-hydrogen) atoms. The van der Waals surface area contributed by atoms with E-state index in [1.54, 1.807) is 0 Å². The minimum atomic E-state index is -0.412. The second kappa shape index (κ2) is 6.62. The van der Waals surface area contributed by atoms with Gasteiger partial charge in [0.05, 0.1) is 17.3 Å². The number of aliphatic hydroxyl groups is 1. The van der Waals surface area contributed by atoms with Crippen LogP contribution in [0.5, 0.6) is 0 Å². The molecule has 3 heteroatoms. The van der Waals surface area contributed by atoms with E-state index in [9.17, 15) is 5.11 Å². The van der Waals surface area contributed by atoms with Crippen molar-refractivity contribution in [2.24, 2.45) is 0 Å². The van der Waals surface area contributed by atoms with Crippen LogP contribution in [0.15, 0.2) is 54.6 Å². The van der Waals surface area contributed by atoms with Crippen molar-refractivity contribution in [3.8, 4) is 0 Å². The molecule has 0 aliphatic heterocycles. The lowest BCUT2D eigenvalue weighted by atomic mass is 9.90. The Morgan fingerprint density at radius 3 is 2.71 bits per heavy atom. The van der Waals surface area contributed by atoms with Crippen molar-refractivity contribution in [2.45, 2.75) is 31.8 Å². The molecular formula is C21H22N2O. The number of para-hydroxylation sites is 1. The molecule has 1 aliphatic carbocycles. The van der Waals surface area contributed by atoms with E-state index in [4.69, 9.17) is 4.98 Å². The van der Waals surface area contributed by atoms with Crippen LogP contribution in [0, 0.1) is 0 Å². The van der Waals surface area contributed by atoms with Crippen molar-refractivity contribution < 1.29 is 5.11 Å². The molecule has 0 saturated carbocycles. The number of aromatic nitrogens is 1. The zero-order valence-electron chi connectivity index (χ0n) is 13.7. The summed E-state index contributed by atoms with van der Waals surface area (Å²) in [5.41, 5.74) is 5.45. The Bertz CT molecular complexity index is 845. The fourth-order valence-corrected chi connectivity index (χ4v) is 3.60. The Labute approximate surface area is 142 Å². The van der Waals surface area contributed by atoms with Crippen LogP contribution >= 0.6 is 0 Å². The van der Waals surface area contributed by atoms with Gasteiger partial charge < -0.3 is 10.4 Å². The molecule has 3 nitrogen and oxygen atoms in total. The van der Waals surface area contributed by atoms with E-state index in [1.165, 1.54) is 5.56 Å². The van der Waals surface area contributed by atoms with Gasteiger partial charge in [-0.1, -0.05) is 48.5 Å². The molecule has 0 saturated heterocycles. The summed E-state index contributed by atoms with van der Waals surface area (Å²) in [5.74, 6) is 0. The van der Waals surface area contributed by atoms with E-state index < -0.39 is 6.10 Å². The Morgan fingerprint density at radius 1 is 1.04 bits per heavy atom. The number of hydrogen-bond donors (Lipinski definition) is 2. The third kappa shape index (κ3) is 2.87. The van der Waals surface area contributed by atoms with Crippen molar-refractivity contribution in [1.82, 2.24) is 4.98 Å². The molecule has 122 valence electrons. The first kappa shape index (κ1) is 15.2. The molecule has 1 heterocycles. The molecule has 4 rings (SSSR count). The van der Waals surface area contributed by atoms with Gasteiger partial charge in [0.15, 0.2) is 0 Å². The van der Waals surface area contributed by atoms with E-state index in [-0.39, 0.29) is 0 Å². The minimum absolute atomic E-state index is 0.412. The van der Waals surface area contributed by atoms with Crippen LogP contribution in [0.2, 0.25) is 0 Å². The van der Waals surface area contributed by atoms with E-state index in [0.717, 1.165) is 60.1 Å². The number of benzene rings is 2. The van der Waals surface area contributed by atoms with Crippen LogP contribution in [0.1, 0.15) is 35.8 Å². The largest absolute Gasteiger partial charge is 0.388 e. The molecule has 1 aromatic heterocycles. The average molecular weight is 318 g/mol. The SMILES string of the molecule is OC1CCCc2nc3ccccc3c(NCCc3ccccc3)c21. The van der Waals surface area contributed by atoms with Crippen molar-refractivity contribution in [3.63, 3.8) is 0 Å². The lowest BCUT2D eigenvalue weighted by Crippen LogP contribution is -2.16. The van der Waals surface area contributed by atoms with Gasteiger partial charge in [-0.05, 0) is 37.3 Å². The second-order valence-electron chi connectivity index (χ2n) is 6.43. The number of nitrogens with zero attached hydrogens (tertiary/aromatic N) is 1. The lowest BCUT2D eigenvalue weighted by molar-refractivity contribution is 0.156. The highest BCUT2D eigenvalue weighted by atomic mass is 16.3. The van der Waals surface area contributed by atoms with Crippen LogP contribution < -0.4 is 5.32 Å². The molecule has 2 aromatic carbocycles. The van der Waals surface area contributed by atoms with Crippen molar-refractivity contribution in [1.29, 1.82) is 0 Å². The molecule has 1 aliphatic rings. The highest BCUT2D eigenvalue weighted by Crippen LogP contribution is 2.38. The van der Waals surface area contributed by atoms with Crippen LogP contribution in [0.4, 0.5) is 5.69 Å². The predicted octanol–water partition coefficient (Wildman–Crippen LogP) is 4.26. The van der Waals surface area contributed by atoms with Gasteiger partial charge in [-0.15, -0.1) is 0 Å². The van der Waals surface area contributed by atoms with Gasteiger partial charge >= 0.3 is 0 Å². The molecule has 0 bridgehead atoms. The fourth-order valence-electron chi connectivity index (χ4n) is 3.60. The summed E-state index contributed by atoms with van der Waals surface area (Å²) in [5, 5.41) is 15.2.